The number of halogens is 3. The number of rotatable bonds is 10. The van der Waals surface area contributed by atoms with E-state index < -0.39 is 17.6 Å². The van der Waals surface area contributed by atoms with E-state index in [1.807, 2.05) is 25.1 Å². The maximum atomic E-state index is 14.4. The minimum absolute atomic E-state index is 0.0258. The average Bonchev–Trinajstić information content (AvgIpc) is 3.65. The molecule has 1 aliphatic carbocycles. The normalized spacial score (nSPS) is 15.3. The number of amides is 1. The summed E-state index contributed by atoms with van der Waals surface area (Å²) < 4.78 is 46.8. The summed E-state index contributed by atoms with van der Waals surface area (Å²) in [5.41, 5.74) is 1.86. The van der Waals surface area contributed by atoms with Crippen LogP contribution < -0.4 is 10.2 Å². The van der Waals surface area contributed by atoms with Crippen molar-refractivity contribution in [2.75, 3.05) is 30.4 Å². The first-order valence-corrected chi connectivity index (χ1v) is 15.2. The van der Waals surface area contributed by atoms with Gasteiger partial charge in [-0.3, -0.25) is 14.4 Å². The van der Waals surface area contributed by atoms with Crippen LogP contribution in [0.1, 0.15) is 60.2 Å². The van der Waals surface area contributed by atoms with Crippen molar-refractivity contribution in [2.24, 2.45) is 25.9 Å². The molecular weight excluding hydrogens is 583 g/mol. The number of benzene rings is 1. The third-order valence-corrected chi connectivity index (χ3v) is 8.60. The number of anilines is 2. The number of carbonyl (C=O) groups is 1. The van der Waals surface area contributed by atoms with Crippen LogP contribution in [0, 0.1) is 11.8 Å². The predicted molar refractivity (Wildman–Crippen MR) is 165 cm³/mol. The summed E-state index contributed by atoms with van der Waals surface area (Å²) in [6.07, 6.45) is 2.17. The lowest BCUT2D eigenvalue weighted by Crippen LogP contribution is -2.29. The molecule has 13 heteroatoms. The van der Waals surface area contributed by atoms with Gasteiger partial charge in [0.2, 0.25) is 0 Å². The fraction of sp³-hybridized carbons (Fsp3) is 0.469. The third-order valence-electron chi connectivity index (χ3n) is 8.60. The first-order chi connectivity index (χ1) is 21.4. The fourth-order valence-electron chi connectivity index (χ4n) is 6.15. The number of carbonyl (C=O) groups excluding carboxylic acids is 1. The van der Waals surface area contributed by atoms with Crippen LogP contribution in [-0.4, -0.2) is 60.5 Å². The van der Waals surface area contributed by atoms with E-state index in [0.29, 0.717) is 53.4 Å². The summed E-state index contributed by atoms with van der Waals surface area (Å²) in [6.45, 7) is 5.66. The van der Waals surface area contributed by atoms with Gasteiger partial charge in [0.15, 0.2) is 5.82 Å². The number of nitrogens with one attached hydrogen (secondary N) is 1. The van der Waals surface area contributed by atoms with Gasteiger partial charge in [0.25, 0.3) is 5.91 Å². The van der Waals surface area contributed by atoms with Crippen molar-refractivity contribution < 1.29 is 18.0 Å². The van der Waals surface area contributed by atoms with Gasteiger partial charge in [0.1, 0.15) is 18.0 Å². The average molecular weight is 622 g/mol. The molecule has 1 aromatic carbocycles. The van der Waals surface area contributed by atoms with E-state index in [1.165, 1.54) is 17.4 Å². The lowest BCUT2D eigenvalue weighted by Gasteiger charge is -2.30. The number of aryl methyl sites for hydroxylation is 2. The van der Waals surface area contributed by atoms with Crippen molar-refractivity contribution >= 4 is 17.5 Å². The molecule has 3 aromatic heterocycles. The van der Waals surface area contributed by atoms with E-state index in [-0.39, 0.29) is 23.5 Å². The summed E-state index contributed by atoms with van der Waals surface area (Å²) in [5, 5.41) is 16.0. The molecule has 4 heterocycles. The first kappa shape index (κ1) is 30.8. The highest BCUT2D eigenvalue weighted by molar-refractivity contribution is 6.10. The molecule has 0 saturated heterocycles. The Kier molecular flexibility index (Phi) is 8.14. The maximum absolute atomic E-state index is 14.4. The van der Waals surface area contributed by atoms with Crippen LogP contribution in [0.5, 0.6) is 0 Å². The zero-order valence-electron chi connectivity index (χ0n) is 26.2. The van der Waals surface area contributed by atoms with Gasteiger partial charge in [0, 0.05) is 44.9 Å². The second-order valence-corrected chi connectivity index (χ2v) is 12.7. The highest BCUT2D eigenvalue weighted by Crippen LogP contribution is 2.41. The lowest BCUT2D eigenvalue weighted by molar-refractivity contribution is -0.138. The van der Waals surface area contributed by atoms with Crippen LogP contribution in [0.3, 0.4) is 0 Å². The van der Waals surface area contributed by atoms with E-state index in [9.17, 15) is 18.0 Å². The summed E-state index contributed by atoms with van der Waals surface area (Å²) in [7, 11) is 5.55. The van der Waals surface area contributed by atoms with Crippen molar-refractivity contribution in [3.63, 3.8) is 0 Å². The topological polar surface area (TPSA) is 97.0 Å². The summed E-state index contributed by atoms with van der Waals surface area (Å²) >= 11 is 0. The van der Waals surface area contributed by atoms with Crippen molar-refractivity contribution in [3.8, 4) is 22.6 Å². The van der Waals surface area contributed by atoms with Crippen molar-refractivity contribution in [1.29, 1.82) is 0 Å². The van der Waals surface area contributed by atoms with Gasteiger partial charge in [-0.2, -0.15) is 18.3 Å². The molecule has 1 N–H and O–H groups in total. The molecule has 10 nitrogen and oxygen atoms in total. The van der Waals surface area contributed by atoms with Gasteiger partial charge in [-0.1, -0.05) is 20.3 Å². The third kappa shape index (κ3) is 6.18. The van der Waals surface area contributed by atoms with Crippen molar-refractivity contribution in [2.45, 2.75) is 52.4 Å². The highest BCUT2D eigenvalue weighted by atomic mass is 19.4. The van der Waals surface area contributed by atoms with Gasteiger partial charge >= 0.3 is 6.18 Å². The Labute approximate surface area is 260 Å². The van der Waals surface area contributed by atoms with Crippen LogP contribution in [-0.2, 0) is 33.4 Å². The molecular formula is C32H38F3N9O. The molecule has 6 rings (SSSR count). The minimum atomic E-state index is -4.61. The first-order valence-electron chi connectivity index (χ1n) is 15.2. The molecule has 0 atom stereocenters. The van der Waals surface area contributed by atoms with Crippen LogP contribution in [0.15, 0.2) is 36.8 Å². The molecule has 238 valence electrons. The van der Waals surface area contributed by atoms with Crippen LogP contribution >= 0.6 is 0 Å². The Bertz CT molecular complexity index is 1720. The Morgan fingerprint density at radius 1 is 1.11 bits per heavy atom. The number of nitrogens with zero attached hydrogens (tertiary/aromatic N) is 8. The molecule has 1 aliphatic heterocycles. The van der Waals surface area contributed by atoms with E-state index >= 15 is 0 Å². The van der Waals surface area contributed by atoms with Gasteiger partial charge in [0.05, 0.1) is 29.6 Å². The van der Waals surface area contributed by atoms with E-state index in [0.717, 1.165) is 24.9 Å². The summed E-state index contributed by atoms with van der Waals surface area (Å²) in [6, 6.07) is 6.41. The zero-order chi connectivity index (χ0) is 32.0. The predicted octanol–water partition coefficient (Wildman–Crippen LogP) is 5.76. The van der Waals surface area contributed by atoms with Crippen LogP contribution in [0.25, 0.3) is 22.6 Å². The van der Waals surface area contributed by atoms with E-state index in [2.05, 4.69) is 34.5 Å². The number of hydrogen-bond donors (Lipinski definition) is 1. The van der Waals surface area contributed by atoms with Crippen LogP contribution in [0.4, 0.5) is 24.8 Å². The second kappa shape index (κ2) is 11.9. The Balaban J connectivity index is 1.40. The molecule has 1 fully saturated rings. The smallest absolute Gasteiger partial charge is 0.370 e. The summed E-state index contributed by atoms with van der Waals surface area (Å²) in [4.78, 5) is 22.0. The standard InChI is InChI=1S/C32H38F3N9O/c1-19(2)13-36-27-11-22(29-24(14-38-43(29)5)30-40-37-18-42(30)4)12-28(39-27)44-17-25-23(31(44)45)9-21(10-26(25)32(33,34)35)16-41(3)15-20-7-6-8-20/h9-12,14,18-20H,6-8,13,15-17H2,1-5H3,(H,36,39). The van der Waals surface area contributed by atoms with Gasteiger partial charge in [-0.25, -0.2) is 4.98 Å². The Morgan fingerprint density at radius 3 is 2.53 bits per heavy atom. The van der Waals surface area contributed by atoms with Gasteiger partial charge < -0.3 is 14.8 Å². The lowest BCUT2D eigenvalue weighted by atomic mass is 9.85. The Hall–Kier alpha value is -4.26. The number of fused-ring (bicyclic) bond motifs is 1. The summed E-state index contributed by atoms with van der Waals surface area (Å²) in [5.74, 6) is 1.73. The number of aromatic nitrogens is 6. The van der Waals surface area contributed by atoms with E-state index in [1.54, 1.807) is 41.0 Å². The molecule has 0 spiro atoms. The molecule has 45 heavy (non-hydrogen) atoms. The fourth-order valence-corrected chi connectivity index (χ4v) is 6.15. The van der Waals surface area contributed by atoms with Crippen molar-refractivity contribution in [1.82, 2.24) is 34.4 Å². The number of alkyl halides is 3. The molecule has 2 aliphatic rings. The molecule has 4 aromatic rings. The maximum Gasteiger partial charge on any atom is 0.416 e. The number of pyridine rings is 1. The molecule has 0 bridgehead atoms. The van der Waals surface area contributed by atoms with Gasteiger partial charge in [-0.15, -0.1) is 10.2 Å². The monoisotopic (exact) mass is 621 g/mol. The molecule has 1 saturated carbocycles. The van der Waals surface area contributed by atoms with Gasteiger partial charge in [-0.05, 0) is 67.1 Å². The second-order valence-electron chi connectivity index (χ2n) is 12.7. The highest BCUT2D eigenvalue weighted by Gasteiger charge is 2.41. The SMILES string of the molecule is CC(C)CNc1cc(-c2c(-c3nncn3C)cnn2C)cc(N2Cc3c(cc(CN(C)CC4CCC4)cc3C(F)(F)F)C2=O)n1. The quantitative estimate of drug-likeness (QED) is 0.241. The van der Waals surface area contributed by atoms with Crippen molar-refractivity contribution in [3.05, 3.63) is 59.0 Å². The zero-order valence-corrected chi connectivity index (χ0v) is 26.2. The minimum Gasteiger partial charge on any atom is -0.370 e. The molecule has 0 radical (unpaired) electrons. The Morgan fingerprint density at radius 2 is 1.89 bits per heavy atom. The number of hydrogen-bond acceptors (Lipinski definition) is 7. The van der Waals surface area contributed by atoms with E-state index in [4.69, 9.17) is 4.98 Å². The largest absolute Gasteiger partial charge is 0.416 e. The van der Waals surface area contributed by atoms with Crippen LogP contribution in [0.2, 0.25) is 0 Å². The molecule has 1 amide bonds. The molecule has 0 unspecified atom stereocenters.